The van der Waals surface area contributed by atoms with Crippen molar-refractivity contribution in [1.82, 2.24) is 0 Å². The van der Waals surface area contributed by atoms with E-state index in [1.165, 1.54) is 0 Å². The Hall–Kier alpha value is -2.20. The minimum Gasteiger partial charge on any atom is -0.493 e. The molecule has 0 unspecified atom stereocenters. The number of para-hydroxylation sites is 1. The average molecular weight is 273 g/mol. The maximum absolute atomic E-state index is 5.48. The van der Waals surface area contributed by atoms with Gasteiger partial charge in [-0.3, -0.25) is 4.84 Å². The van der Waals surface area contributed by atoms with Crippen molar-refractivity contribution in [3.63, 3.8) is 0 Å². The van der Waals surface area contributed by atoms with Crippen molar-refractivity contribution in [3.8, 4) is 11.5 Å². The molecule has 0 fully saturated rings. The number of methoxy groups -OCH3 is 2. The molecule has 106 valence electrons. The molecule has 0 aromatic heterocycles. The topological polar surface area (TPSA) is 30.9 Å². The number of hydroxylamine groups is 1. The molecule has 4 nitrogen and oxygen atoms in total. The Kier molecular flexibility index (Phi) is 4.85. The summed E-state index contributed by atoms with van der Waals surface area (Å²) in [5, 5.41) is 1.77. The molecule has 0 aliphatic rings. The summed E-state index contributed by atoms with van der Waals surface area (Å²) in [6.07, 6.45) is 0. The Morgan fingerprint density at radius 2 is 1.60 bits per heavy atom. The minimum atomic E-state index is 0.626. The highest BCUT2D eigenvalue weighted by molar-refractivity contribution is 5.63. The third-order valence-electron chi connectivity index (χ3n) is 3.04. The second-order valence-electron chi connectivity index (χ2n) is 4.22. The van der Waals surface area contributed by atoms with E-state index in [1.54, 1.807) is 26.4 Å². The highest BCUT2D eigenvalue weighted by atomic mass is 16.7. The van der Waals surface area contributed by atoms with Crippen LogP contribution in [0.25, 0.3) is 0 Å². The van der Waals surface area contributed by atoms with Crippen molar-refractivity contribution < 1.29 is 14.3 Å². The molecule has 0 radical (unpaired) electrons. The van der Waals surface area contributed by atoms with Crippen molar-refractivity contribution in [3.05, 3.63) is 54.1 Å². The maximum Gasteiger partial charge on any atom is 0.186 e. The van der Waals surface area contributed by atoms with E-state index in [4.69, 9.17) is 14.3 Å². The largest absolute Gasteiger partial charge is 0.493 e. The van der Waals surface area contributed by atoms with Crippen LogP contribution >= 0.6 is 0 Å². The van der Waals surface area contributed by atoms with Crippen LogP contribution in [0.15, 0.2) is 48.5 Å². The van der Waals surface area contributed by atoms with E-state index in [9.17, 15) is 0 Å². The SMILES string of the molecule is COc1cccc(N(Cc2ccccc2)OC)c1OC. The quantitative estimate of drug-likeness (QED) is 0.756. The summed E-state index contributed by atoms with van der Waals surface area (Å²) in [4.78, 5) is 5.48. The van der Waals surface area contributed by atoms with Gasteiger partial charge in [-0.1, -0.05) is 36.4 Å². The van der Waals surface area contributed by atoms with E-state index in [2.05, 4.69) is 12.1 Å². The highest BCUT2D eigenvalue weighted by Crippen LogP contribution is 2.37. The molecule has 0 aliphatic carbocycles. The van der Waals surface area contributed by atoms with Gasteiger partial charge in [-0.2, -0.15) is 0 Å². The van der Waals surface area contributed by atoms with Gasteiger partial charge in [0.2, 0.25) is 0 Å². The number of rotatable bonds is 6. The van der Waals surface area contributed by atoms with Crippen LogP contribution in [0.3, 0.4) is 0 Å². The van der Waals surface area contributed by atoms with Gasteiger partial charge in [0.05, 0.1) is 27.9 Å². The van der Waals surface area contributed by atoms with Gasteiger partial charge in [0.25, 0.3) is 0 Å². The molecule has 0 N–H and O–H groups in total. The third kappa shape index (κ3) is 3.03. The van der Waals surface area contributed by atoms with E-state index in [0.717, 1.165) is 11.3 Å². The van der Waals surface area contributed by atoms with Crippen molar-refractivity contribution in [1.29, 1.82) is 0 Å². The van der Waals surface area contributed by atoms with Crippen molar-refractivity contribution >= 4 is 5.69 Å². The molecule has 2 aromatic rings. The van der Waals surface area contributed by atoms with E-state index < -0.39 is 0 Å². The summed E-state index contributed by atoms with van der Waals surface area (Å²) in [7, 11) is 4.88. The number of nitrogens with zero attached hydrogens (tertiary/aromatic N) is 1. The lowest BCUT2D eigenvalue weighted by molar-refractivity contribution is 0.160. The van der Waals surface area contributed by atoms with Crippen LogP contribution in [0.4, 0.5) is 5.69 Å². The minimum absolute atomic E-state index is 0.626. The first-order valence-electron chi connectivity index (χ1n) is 6.36. The summed E-state index contributed by atoms with van der Waals surface area (Å²) < 4.78 is 10.8. The van der Waals surface area contributed by atoms with Crippen LogP contribution < -0.4 is 14.5 Å². The number of benzene rings is 2. The zero-order chi connectivity index (χ0) is 14.4. The Balaban J connectivity index is 2.32. The van der Waals surface area contributed by atoms with Crippen LogP contribution in [0, 0.1) is 0 Å². The van der Waals surface area contributed by atoms with Crippen LogP contribution in [0.5, 0.6) is 11.5 Å². The first-order valence-corrected chi connectivity index (χ1v) is 6.36. The van der Waals surface area contributed by atoms with Gasteiger partial charge in [-0.05, 0) is 17.7 Å². The number of anilines is 1. The zero-order valence-electron chi connectivity index (χ0n) is 12.0. The van der Waals surface area contributed by atoms with E-state index >= 15 is 0 Å². The van der Waals surface area contributed by atoms with Crippen LogP contribution in [-0.2, 0) is 11.4 Å². The summed E-state index contributed by atoms with van der Waals surface area (Å²) in [6, 6.07) is 15.8. The predicted octanol–water partition coefficient (Wildman–Crippen LogP) is 3.27. The smallest absolute Gasteiger partial charge is 0.186 e. The Bertz CT molecular complexity index is 543. The van der Waals surface area contributed by atoms with Crippen molar-refractivity contribution in [2.75, 3.05) is 26.4 Å². The van der Waals surface area contributed by atoms with Crippen molar-refractivity contribution in [2.24, 2.45) is 0 Å². The van der Waals surface area contributed by atoms with Crippen molar-refractivity contribution in [2.45, 2.75) is 6.54 Å². The Morgan fingerprint density at radius 3 is 2.20 bits per heavy atom. The van der Waals surface area contributed by atoms with Gasteiger partial charge in [0.15, 0.2) is 11.5 Å². The molecule has 0 heterocycles. The molecule has 20 heavy (non-hydrogen) atoms. The number of hydrogen-bond acceptors (Lipinski definition) is 4. The number of hydrogen-bond donors (Lipinski definition) is 0. The maximum atomic E-state index is 5.48. The van der Waals surface area contributed by atoms with Gasteiger partial charge in [0.1, 0.15) is 5.69 Å². The van der Waals surface area contributed by atoms with Crippen LogP contribution in [0.2, 0.25) is 0 Å². The molecular weight excluding hydrogens is 254 g/mol. The van der Waals surface area contributed by atoms with Crippen LogP contribution in [0.1, 0.15) is 5.56 Å². The van der Waals surface area contributed by atoms with Gasteiger partial charge < -0.3 is 9.47 Å². The molecule has 2 rings (SSSR count). The number of ether oxygens (including phenoxy) is 2. The molecule has 0 bridgehead atoms. The van der Waals surface area contributed by atoms with E-state index in [-0.39, 0.29) is 0 Å². The molecule has 0 aliphatic heterocycles. The molecule has 4 heteroatoms. The summed E-state index contributed by atoms with van der Waals surface area (Å²) in [5.74, 6) is 1.34. The summed E-state index contributed by atoms with van der Waals surface area (Å²) >= 11 is 0. The van der Waals surface area contributed by atoms with E-state index in [0.29, 0.717) is 18.0 Å². The van der Waals surface area contributed by atoms with E-state index in [1.807, 2.05) is 36.4 Å². The lowest BCUT2D eigenvalue weighted by atomic mass is 10.2. The van der Waals surface area contributed by atoms with Crippen LogP contribution in [-0.4, -0.2) is 21.3 Å². The zero-order valence-corrected chi connectivity index (χ0v) is 12.0. The van der Waals surface area contributed by atoms with Gasteiger partial charge in [-0.15, -0.1) is 0 Å². The fourth-order valence-corrected chi connectivity index (χ4v) is 2.06. The Morgan fingerprint density at radius 1 is 0.850 bits per heavy atom. The summed E-state index contributed by atoms with van der Waals surface area (Å²) in [6.45, 7) is 0.626. The molecule has 0 saturated heterocycles. The fourth-order valence-electron chi connectivity index (χ4n) is 2.06. The average Bonchev–Trinajstić information content (AvgIpc) is 2.52. The molecule has 0 saturated carbocycles. The first-order chi connectivity index (χ1) is 9.80. The highest BCUT2D eigenvalue weighted by Gasteiger charge is 2.16. The standard InChI is InChI=1S/C16H19NO3/c1-18-15-11-7-10-14(16(15)19-2)17(20-3)12-13-8-5-4-6-9-13/h4-11H,12H2,1-3H3. The molecular formula is C16H19NO3. The monoisotopic (exact) mass is 273 g/mol. The molecule has 0 atom stereocenters. The lowest BCUT2D eigenvalue weighted by Crippen LogP contribution is -2.21. The molecule has 0 spiro atoms. The van der Waals surface area contributed by atoms with Gasteiger partial charge >= 0.3 is 0 Å². The molecule has 0 amide bonds. The fraction of sp³-hybridized carbons (Fsp3) is 0.250. The van der Waals surface area contributed by atoms with Gasteiger partial charge in [-0.25, -0.2) is 5.06 Å². The Labute approximate surface area is 119 Å². The lowest BCUT2D eigenvalue weighted by Gasteiger charge is -2.24. The second kappa shape index (κ2) is 6.82. The predicted molar refractivity (Wildman–Crippen MR) is 79.2 cm³/mol. The second-order valence-corrected chi connectivity index (χ2v) is 4.22. The molecule has 2 aromatic carbocycles. The third-order valence-corrected chi connectivity index (χ3v) is 3.04. The first kappa shape index (κ1) is 14.2. The summed E-state index contributed by atoms with van der Waals surface area (Å²) in [5.41, 5.74) is 1.98. The normalized spacial score (nSPS) is 10.2. The van der Waals surface area contributed by atoms with Gasteiger partial charge in [0, 0.05) is 0 Å².